The normalized spacial score (nSPS) is 18.0. The van der Waals surface area contributed by atoms with Crippen LogP contribution in [0, 0.1) is 0 Å². The number of ether oxygens (including phenoxy) is 2. The molecule has 1 aliphatic rings. The Balaban J connectivity index is 2.20. The highest BCUT2D eigenvalue weighted by Gasteiger charge is 2.32. The number of hydrogen-bond acceptors (Lipinski definition) is 2. The summed E-state index contributed by atoms with van der Waals surface area (Å²) in [5, 5.41) is 0. The van der Waals surface area contributed by atoms with Crippen molar-refractivity contribution in [3.8, 4) is 0 Å². The molecule has 0 N–H and O–H groups in total. The molecule has 1 fully saturated rings. The second-order valence-corrected chi connectivity index (χ2v) is 7.35. The highest BCUT2D eigenvalue weighted by molar-refractivity contribution is 4.73. The van der Waals surface area contributed by atoms with Gasteiger partial charge in [0, 0.05) is 12.8 Å². The van der Waals surface area contributed by atoms with Gasteiger partial charge < -0.3 is 9.47 Å². The van der Waals surface area contributed by atoms with Gasteiger partial charge in [0.2, 0.25) is 0 Å². The molecule has 0 aliphatic carbocycles. The Labute approximate surface area is 145 Å². The Kier molecular flexibility index (Phi) is 13.0. The molecule has 1 saturated heterocycles. The molecular formula is C21H42O2. The molecule has 1 rings (SSSR count). The van der Waals surface area contributed by atoms with Gasteiger partial charge in [0.1, 0.15) is 0 Å². The van der Waals surface area contributed by atoms with Crippen molar-refractivity contribution in [1.82, 2.24) is 0 Å². The van der Waals surface area contributed by atoms with E-state index in [2.05, 4.69) is 13.8 Å². The van der Waals surface area contributed by atoms with Crippen LogP contribution in [-0.2, 0) is 9.47 Å². The molecule has 23 heavy (non-hydrogen) atoms. The first kappa shape index (κ1) is 21.0. The zero-order valence-corrected chi connectivity index (χ0v) is 16.0. The van der Waals surface area contributed by atoms with Crippen LogP contribution in [-0.4, -0.2) is 19.0 Å². The summed E-state index contributed by atoms with van der Waals surface area (Å²) >= 11 is 0. The Hall–Kier alpha value is -0.0800. The first-order chi connectivity index (χ1) is 11.3. The molecule has 2 heteroatoms. The van der Waals surface area contributed by atoms with E-state index in [0.29, 0.717) is 0 Å². The minimum atomic E-state index is -0.244. The lowest BCUT2D eigenvalue weighted by Gasteiger charge is -2.32. The van der Waals surface area contributed by atoms with Crippen LogP contribution in [0.25, 0.3) is 0 Å². The molecular weight excluding hydrogens is 284 g/mol. The fourth-order valence-corrected chi connectivity index (χ4v) is 3.53. The third-order valence-electron chi connectivity index (χ3n) is 5.09. The van der Waals surface area contributed by atoms with Gasteiger partial charge in [-0.05, 0) is 25.7 Å². The van der Waals surface area contributed by atoms with Crippen LogP contribution >= 0.6 is 0 Å². The molecule has 1 heterocycles. The van der Waals surface area contributed by atoms with Crippen molar-refractivity contribution in [3.63, 3.8) is 0 Å². The van der Waals surface area contributed by atoms with E-state index < -0.39 is 0 Å². The van der Waals surface area contributed by atoms with E-state index >= 15 is 0 Å². The molecule has 0 amide bonds. The zero-order valence-electron chi connectivity index (χ0n) is 16.0. The molecule has 0 aromatic carbocycles. The smallest absolute Gasteiger partial charge is 0.168 e. The van der Waals surface area contributed by atoms with Crippen molar-refractivity contribution in [2.75, 3.05) is 13.2 Å². The van der Waals surface area contributed by atoms with Gasteiger partial charge in [-0.15, -0.1) is 0 Å². The van der Waals surface area contributed by atoms with Crippen LogP contribution in [0.4, 0.5) is 0 Å². The van der Waals surface area contributed by atoms with E-state index in [-0.39, 0.29) is 5.79 Å². The molecule has 0 unspecified atom stereocenters. The van der Waals surface area contributed by atoms with E-state index in [9.17, 15) is 0 Å². The highest BCUT2D eigenvalue weighted by Crippen LogP contribution is 2.31. The molecule has 0 saturated carbocycles. The quantitative estimate of drug-likeness (QED) is 0.320. The lowest BCUT2D eigenvalue weighted by molar-refractivity contribution is -0.234. The SMILES string of the molecule is CCCCCCCCCCC1(CCCCCC)OCCCCO1. The molecule has 0 bridgehead atoms. The fourth-order valence-electron chi connectivity index (χ4n) is 3.53. The maximum atomic E-state index is 6.21. The topological polar surface area (TPSA) is 18.5 Å². The van der Waals surface area contributed by atoms with Crippen LogP contribution in [0.1, 0.15) is 117 Å². The summed E-state index contributed by atoms with van der Waals surface area (Å²) in [6.45, 7) is 6.34. The van der Waals surface area contributed by atoms with Gasteiger partial charge >= 0.3 is 0 Å². The minimum Gasteiger partial charge on any atom is -0.350 e. The zero-order chi connectivity index (χ0) is 16.6. The van der Waals surface area contributed by atoms with Gasteiger partial charge in [0.05, 0.1) is 13.2 Å². The first-order valence-corrected chi connectivity index (χ1v) is 10.6. The van der Waals surface area contributed by atoms with Gasteiger partial charge in [-0.2, -0.15) is 0 Å². The number of unbranched alkanes of at least 4 members (excludes halogenated alkanes) is 10. The molecule has 0 aromatic heterocycles. The van der Waals surface area contributed by atoms with Crippen molar-refractivity contribution in [3.05, 3.63) is 0 Å². The lowest BCUT2D eigenvalue weighted by Crippen LogP contribution is -2.35. The van der Waals surface area contributed by atoms with Crippen LogP contribution in [0.2, 0.25) is 0 Å². The second-order valence-electron chi connectivity index (χ2n) is 7.35. The predicted octanol–water partition coefficient (Wildman–Crippen LogP) is 7.01. The standard InChI is InChI=1S/C21H42O2/c1-3-5-7-9-10-11-12-14-18-21(17-13-8-6-4-2)22-19-15-16-20-23-21/h3-20H2,1-2H3. The average molecular weight is 327 g/mol. The lowest BCUT2D eigenvalue weighted by atomic mass is 9.99. The van der Waals surface area contributed by atoms with Crippen molar-refractivity contribution in [2.45, 2.75) is 122 Å². The maximum Gasteiger partial charge on any atom is 0.168 e. The monoisotopic (exact) mass is 326 g/mol. The summed E-state index contributed by atoms with van der Waals surface area (Å²) < 4.78 is 12.4. The molecule has 138 valence electrons. The summed E-state index contributed by atoms with van der Waals surface area (Å²) in [5.74, 6) is -0.244. The summed E-state index contributed by atoms with van der Waals surface area (Å²) in [6.07, 6.45) is 20.7. The summed E-state index contributed by atoms with van der Waals surface area (Å²) in [4.78, 5) is 0. The maximum absolute atomic E-state index is 6.21. The van der Waals surface area contributed by atoms with Crippen molar-refractivity contribution in [2.24, 2.45) is 0 Å². The largest absolute Gasteiger partial charge is 0.350 e. The Bertz CT molecular complexity index is 244. The van der Waals surface area contributed by atoms with Crippen LogP contribution < -0.4 is 0 Å². The van der Waals surface area contributed by atoms with Crippen LogP contribution in [0.15, 0.2) is 0 Å². The highest BCUT2D eigenvalue weighted by atomic mass is 16.7. The average Bonchev–Trinajstić information content (AvgIpc) is 2.80. The predicted molar refractivity (Wildman–Crippen MR) is 99.9 cm³/mol. The third kappa shape index (κ3) is 10.4. The third-order valence-corrected chi connectivity index (χ3v) is 5.09. The van der Waals surface area contributed by atoms with Gasteiger partial charge in [-0.1, -0.05) is 78.1 Å². The van der Waals surface area contributed by atoms with Crippen LogP contribution in [0.3, 0.4) is 0 Å². The Morgan fingerprint density at radius 2 is 0.957 bits per heavy atom. The molecule has 0 atom stereocenters. The molecule has 1 aliphatic heterocycles. The Morgan fingerprint density at radius 3 is 1.43 bits per heavy atom. The van der Waals surface area contributed by atoms with E-state index in [4.69, 9.17) is 9.47 Å². The molecule has 0 aromatic rings. The fraction of sp³-hybridized carbons (Fsp3) is 1.00. The van der Waals surface area contributed by atoms with Gasteiger partial charge in [-0.3, -0.25) is 0 Å². The van der Waals surface area contributed by atoms with Crippen molar-refractivity contribution < 1.29 is 9.47 Å². The van der Waals surface area contributed by atoms with Gasteiger partial charge in [-0.25, -0.2) is 0 Å². The molecule has 2 nitrogen and oxygen atoms in total. The summed E-state index contributed by atoms with van der Waals surface area (Å²) in [7, 11) is 0. The van der Waals surface area contributed by atoms with Crippen molar-refractivity contribution in [1.29, 1.82) is 0 Å². The Morgan fingerprint density at radius 1 is 0.565 bits per heavy atom. The second kappa shape index (κ2) is 14.3. The summed E-state index contributed by atoms with van der Waals surface area (Å²) in [6, 6.07) is 0. The minimum absolute atomic E-state index is 0.244. The molecule has 0 radical (unpaired) electrons. The summed E-state index contributed by atoms with van der Waals surface area (Å²) in [5.41, 5.74) is 0. The van der Waals surface area contributed by atoms with E-state index in [1.54, 1.807) is 0 Å². The molecule has 0 spiro atoms. The number of hydrogen-bond donors (Lipinski definition) is 0. The first-order valence-electron chi connectivity index (χ1n) is 10.6. The van der Waals surface area contributed by atoms with Gasteiger partial charge in [0.15, 0.2) is 5.79 Å². The van der Waals surface area contributed by atoms with E-state index in [1.165, 1.54) is 77.0 Å². The number of rotatable bonds is 14. The van der Waals surface area contributed by atoms with Gasteiger partial charge in [0.25, 0.3) is 0 Å². The van der Waals surface area contributed by atoms with E-state index in [0.717, 1.165) is 38.9 Å². The van der Waals surface area contributed by atoms with Crippen molar-refractivity contribution >= 4 is 0 Å². The van der Waals surface area contributed by atoms with E-state index in [1.807, 2.05) is 0 Å². The van der Waals surface area contributed by atoms with Crippen LogP contribution in [0.5, 0.6) is 0 Å².